The van der Waals surface area contributed by atoms with Crippen LogP contribution in [0.4, 0.5) is 10.6 Å². The molecule has 1 N–H and O–H groups in total. The van der Waals surface area contributed by atoms with Crippen molar-refractivity contribution in [1.29, 1.82) is 0 Å². The van der Waals surface area contributed by atoms with E-state index in [1.807, 2.05) is 0 Å². The number of hydrogen-bond donors (Lipinski definition) is 1. The number of methoxy groups -OCH3 is 1. The van der Waals surface area contributed by atoms with Crippen LogP contribution in [0.15, 0.2) is 12.1 Å². The fourth-order valence-corrected chi connectivity index (χ4v) is 2.39. The Kier molecular flexibility index (Phi) is 5.31. The molecule has 1 saturated carbocycles. The van der Waals surface area contributed by atoms with E-state index in [9.17, 15) is 9.59 Å². The average molecular weight is 336 g/mol. The van der Waals surface area contributed by atoms with Crippen molar-refractivity contribution in [3.05, 3.63) is 17.7 Å². The quantitative estimate of drug-likeness (QED) is 0.831. The lowest BCUT2D eigenvalue weighted by Gasteiger charge is -2.19. The van der Waals surface area contributed by atoms with Crippen molar-refractivity contribution >= 4 is 17.9 Å². The average Bonchev–Trinajstić information content (AvgIpc) is 3.25. The minimum atomic E-state index is -0.600. The molecule has 1 amide bonds. The van der Waals surface area contributed by atoms with Crippen molar-refractivity contribution in [2.45, 2.75) is 45.6 Å². The topological polar surface area (TPSA) is 86.8 Å². The van der Waals surface area contributed by atoms with Crippen LogP contribution >= 0.6 is 0 Å². The summed E-state index contributed by atoms with van der Waals surface area (Å²) in [7, 11) is 1.50. The summed E-state index contributed by atoms with van der Waals surface area (Å²) in [4.78, 5) is 27.9. The Bertz CT molecular complexity index is 624. The van der Waals surface area contributed by atoms with Crippen LogP contribution < -0.4 is 10.1 Å². The zero-order chi connectivity index (χ0) is 17.9. The number of esters is 1. The van der Waals surface area contributed by atoms with Crippen LogP contribution in [-0.4, -0.2) is 36.4 Å². The standard InChI is InChI=1S/C17H24N2O5/c1-6-23-15(20)12-9-11(12)10-7-13(18-14(8-10)22-5)19-16(21)24-17(2,3)4/h7-8,11-12H,6,9H2,1-5H3,(H,18,19,21)/t11-,12+/m1/s1. The van der Waals surface area contributed by atoms with Crippen LogP contribution in [0, 0.1) is 5.92 Å². The van der Waals surface area contributed by atoms with Crippen molar-refractivity contribution in [1.82, 2.24) is 4.98 Å². The molecule has 0 unspecified atom stereocenters. The van der Waals surface area contributed by atoms with Crippen LogP contribution in [0.3, 0.4) is 0 Å². The van der Waals surface area contributed by atoms with Gasteiger partial charge in [0.25, 0.3) is 0 Å². The van der Waals surface area contributed by atoms with Gasteiger partial charge in [-0.15, -0.1) is 0 Å². The third-order valence-corrected chi connectivity index (χ3v) is 3.47. The molecule has 2 atom stereocenters. The van der Waals surface area contributed by atoms with Crippen molar-refractivity contribution in [2.24, 2.45) is 5.92 Å². The van der Waals surface area contributed by atoms with Crippen molar-refractivity contribution < 1.29 is 23.8 Å². The minimum Gasteiger partial charge on any atom is -0.481 e. The van der Waals surface area contributed by atoms with Gasteiger partial charge in [-0.3, -0.25) is 10.1 Å². The van der Waals surface area contributed by atoms with Gasteiger partial charge in [-0.05, 0) is 51.7 Å². The monoisotopic (exact) mass is 336 g/mol. The molecular weight excluding hydrogens is 312 g/mol. The predicted molar refractivity (Wildman–Crippen MR) is 88.1 cm³/mol. The highest BCUT2D eigenvalue weighted by Gasteiger charge is 2.45. The molecule has 0 bridgehead atoms. The number of amides is 1. The third kappa shape index (κ3) is 4.84. The zero-order valence-electron chi connectivity index (χ0n) is 14.7. The number of pyridine rings is 1. The molecule has 0 spiro atoms. The van der Waals surface area contributed by atoms with E-state index in [0.29, 0.717) is 18.3 Å². The van der Waals surface area contributed by atoms with E-state index in [1.54, 1.807) is 39.8 Å². The van der Waals surface area contributed by atoms with E-state index in [2.05, 4.69) is 10.3 Å². The number of carbonyl (C=O) groups excluding carboxylic acids is 2. The summed E-state index contributed by atoms with van der Waals surface area (Å²) < 4.78 is 15.4. The molecule has 2 rings (SSSR count). The summed E-state index contributed by atoms with van der Waals surface area (Å²) in [5, 5.41) is 2.60. The van der Waals surface area contributed by atoms with Crippen LogP contribution in [0.25, 0.3) is 0 Å². The van der Waals surface area contributed by atoms with Crippen molar-refractivity contribution in [3.63, 3.8) is 0 Å². The van der Waals surface area contributed by atoms with E-state index in [4.69, 9.17) is 14.2 Å². The number of rotatable bonds is 5. The maximum absolute atomic E-state index is 11.9. The number of anilines is 1. The third-order valence-electron chi connectivity index (χ3n) is 3.47. The van der Waals surface area contributed by atoms with Crippen LogP contribution in [-0.2, 0) is 14.3 Å². The van der Waals surface area contributed by atoms with Gasteiger partial charge in [-0.2, -0.15) is 4.98 Å². The lowest BCUT2D eigenvalue weighted by Crippen LogP contribution is -2.27. The Balaban J connectivity index is 2.11. The van der Waals surface area contributed by atoms with Crippen LogP contribution in [0.2, 0.25) is 0 Å². The van der Waals surface area contributed by atoms with E-state index >= 15 is 0 Å². The van der Waals surface area contributed by atoms with Gasteiger partial charge in [-0.25, -0.2) is 4.79 Å². The lowest BCUT2D eigenvalue weighted by atomic mass is 10.1. The molecule has 7 heteroatoms. The van der Waals surface area contributed by atoms with E-state index in [0.717, 1.165) is 12.0 Å². The van der Waals surface area contributed by atoms with Gasteiger partial charge >= 0.3 is 12.1 Å². The second-order valence-corrected chi connectivity index (χ2v) is 6.66. The highest BCUT2D eigenvalue weighted by Crippen LogP contribution is 2.49. The van der Waals surface area contributed by atoms with Gasteiger partial charge in [0.2, 0.25) is 5.88 Å². The lowest BCUT2D eigenvalue weighted by molar-refractivity contribution is -0.144. The van der Waals surface area contributed by atoms with Gasteiger partial charge in [-0.1, -0.05) is 0 Å². The van der Waals surface area contributed by atoms with Crippen LogP contribution in [0.5, 0.6) is 5.88 Å². The van der Waals surface area contributed by atoms with Gasteiger partial charge in [0.05, 0.1) is 19.6 Å². The Morgan fingerprint density at radius 1 is 1.33 bits per heavy atom. The summed E-state index contributed by atoms with van der Waals surface area (Å²) >= 11 is 0. The molecule has 0 aromatic carbocycles. The van der Waals surface area contributed by atoms with Crippen LogP contribution in [0.1, 0.15) is 45.6 Å². The first-order valence-corrected chi connectivity index (χ1v) is 7.96. The second-order valence-electron chi connectivity index (χ2n) is 6.66. The van der Waals surface area contributed by atoms with E-state index in [-0.39, 0.29) is 17.8 Å². The molecule has 0 radical (unpaired) electrons. The first kappa shape index (κ1) is 18.0. The number of carbonyl (C=O) groups is 2. The summed E-state index contributed by atoms with van der Waals surface area (Å²) in [6.45, 7) is 7.50. The molecule has 1 aromatic rings. The molecule has 24 heavy (non-hydrogen) atoms. The number of hydrogen-bond acceptors (Lipinski definition) is 6. The highest BCUT2D eigenvalue weighted by molar-refractivity contribution is 5.84. The van der Waals surface area contributed by atoms with Gasteiger partial charge in [0, 0.05) is 6.07 Å². The van der Waals surface area contributed by atoms with Crippen molar-refractivity contribution in [2.75, 3.05) is 19.0 Å². The molecule has 1 fully saturated rings. The Morgan fingerprint density at radius 2 is 2.04 bits per heavy atom. The summed E-state index contributed by atoms with van der Waals surface area (Å²) in [5.41, 5.74) is 0.281. The van der Waals surface area contributed by atoms with E-state index in [1.165, 1.54) is 7.11 Å². The summed E-state index contributed by atoms with van der Waals surface area (Å²) in [5.74, 6) is 0.410. The zero-order valence-corrected chi connectivity index (χ0v) is 14.7. The molecular formula is C17H24N2O5. The molecule has 1 aliphatic carbocycles. The molecule has 132 valence electrons. The predicted octanol–water partition coefficient (Wildman–Crippen LogP) is 3.10. The first-order chi connectivity index (χ1) is 11.2. The molecule has 0 aliphatic heterocycles. The molecule has 1 aromatic heterocycles. The molecule has 0 saturated heterocycles. The maximum atomic E-state index is 11.9. The van der Waals surface area contributed by atoms with Gasteiger partial charge < -0.3 is 14.2 Å². The van der Waals surface area contributed by atoms with E-state index < -0.39 is 11.7 Å². The number of nitrogens with zero attached hydrogens (tertiary/aromatic N) is 1. The largest absolute Gasteiger partial charge is 0.481 e. The normalized spacial score (nSPS) is 19.4. The summed E-state index contributed by atoms with van der Waals surface area (Å²) in [6, 6.07) is 3.50. The van der Waals surface area contributed by atoms with Gasteiger partial charge in [0.15, 0.2) is 0 Å². The second kappa shape index (κ2) is 7.07. The fourth-order valence-electron chi connectivity index (χ4n) is 2.39. The summed E-state index contributed by atoms with van der Waals surface area (Å²) in [6.07, 6.45) is 0.129. The van der Waals surface area contributed by atoms with Gasteiger partial charge in [0.1, 0.15) is 11.4 Å². The highest BCUT2D eigenvalue weighted by atomic mass is 16.6. The number of nitrogens with one attached hydrogen (secondary N) is 1. The Labute approximate surface area is 141 Å². The fraction of sp³-hybridized carbons (Fsp3) is 0.588. The minimum absolute atomic E-state index is 0.0557. The number of ether oxygens (including phenoxy) is 3. The van der Waals surface area contributed by atoms with Crippen molar-refractivity contribution in [3.8, 4) is 5.88 Å². The molecule has 7 nitrogen and oxygen atoms in total. The smallest absolute Gasteiger partial charge is 0.413 e. The SMILES string of the molecule is CCOC(=O)[C@H]1C[C@@H]1c1cc(NC(=O)OC(C)(C)C)nc(OC)c1. The Hall–Kier alpha value is -2.31. The number of aromatic nitrogens is 1. The molecule has 1 aliphatic rings. The Morgan fingerprint density at radius 3 is 2.62 bits per heavy atom. The molecule has 1 heterocycles. The first-order valence-electron chi connectivity index (χ1n) is 7.96. The maximum Gasteiger partial charge on any atom is 0.413 e.